The molecule has 0 fully saturated rings. The number of hydrogen-bond acceptors (Lipinski definition) is 1. The lowest BCUT2D eigenvalue weighted by Gasteiger charge is -2.13. The van der Waals surface area contributed by atoms with E-state index in [4.69, 9.17) is 5.73 Å². The average Bonchev–Trinajstić information content (AvgIpc) is 2.16. The van der Waals surface area contributed by atoms with E-state index in [-0.39, 0.29) is 18.4 Å². The number of nitrogens with two attached hydrogens (primary N) is 1. The second kappa shape index (κ2) is 6.01. The van der Waals surface area contributed by atoms with Gasteiger partial charge >= 0.3 is 0 Å². The molecule has 0 saturated heterocycles. The van der Waals surface area contributed by atoms with E-state index in [0.717, 1.165) is 12.8 Å². The molecule has 0 amide bonds. The first-order valence-corrected chi connectivity index (χ1v) is 4.63. The third-order valence-corrected chi connectivity index (χ3v) is 2.28. The molecule has 13 heavy (non-hydrogen) atoms. The van der Waals surface area contributed by atoms with E-state index in [0.29, 0.717) is 0 Å². The Hall–Kier alpha value is -0.530. The van der Waals surface area contributed by atoms with Crippen molar-refractivity contribution in [1.82, 2.24) is 0 Å². The zero-order valence-corrected chi connectivity index (χ0v) is 9.10. The smallest absolute Gasteiger partial charge is 0.0294 e. The first-order chi connectivity index (χ1) is 5.79. The highest BCUT2D eigenvalue weighted by Crippen LogP contribution is 2.18. The highest BCUT2D eigenvalue weighted by atomic mass is 35.5. The van der Waals surface area contributed by atoms with Gasteiger partial charge in [-0.1, -0.05) is 38.1 Å². The molecule has 1 aromatic rings. The average molecular weight is 200 g/mol. The van der Waals surface area contributed by atoms with Crippen LogP contribution in [0, 0.1) is 0 Å². The third-order valence-electron chi connectivity index (χ3n) is 2.28. The van der Waals surface area contributed by atoms with Crippen LogP contribution in [0.5, 0.6) is 0 Å². The van der Waals surface area contributed by atoms with Gasteiger partial charge in [0.25, 0.3) is 0 Å². The van der Waals surface area contributed by atoms with Gasteiger partial charge in [-0.25, -0.2) is 0 Å². The zero-order valence-electron chi connectivity index (χ0n) is 8.29. The van der Waals surface area contributed by atoms with E-state index in [2.05, 4.69) is 38.1 Å². The molecule has 0 heterocycles. The van der Waals surface area contributed by atoms with Crippen molar-refractivity contribution < 1.29 is 0 Å². The Kier molecular flexibility index (Phi) is 5.76. The van der Waals surface area contributed by atoms with Crippen LogP contribution >= 0.6 is 12.4 Å². The Morgan fingerprint density at radius 2 is 1.85 bits per heavy atom. The number of hydrogen-bond donors (Lipinski definition) is 1. The fourth-order valence-electron chi connectivity index (χ4n) is 1.44. The SMILES string of the molecule is CCc1ccccc1[C@H](N)CC.Cl. The van der Waals surface area contributed by atoms with Crippen LogP contribution in [0.1, 0.15) is 37.4 Å². The quantitative estimate of drug-likeness (QED) is 0.796. The maximum Gasteiger partial charge on any atom is 0.0294 e. The highest BCUT2D eigenvalue weighted by Gasteiger charge is 2.05. The largest absolute Gasteiger partial charge is 0.324 e. The van der Waals surface area contributed by atoms with Crippen molar-refractivity contribution in [2.75, 3.05) is 0 Å². The van der Waals surface area contributed by atoms with Crippen LogP contribution in [0.2, 0.25) is 0 Å². The number of benzene rings is 1. The van der Waals surface area contributed by atoms with E-state index in [1.807, 2.05) is 0 Å². The molecule has 0 aliphatic heterocycles. The van der Waals surface area contributed by atoms with Gasteiger partial charge < -0.3 is 5.73 Å². The molecule has 0 spiro atoms. The molecule has 0 aliphatic carbocycles. The second-order valence-corrected chi connectivity index (χ2v) is 3.07. The number of rotatable bonds is 3. The summed E-state index contributed by atoms with van der Waals surface area (Å²) in [4.78, 5) is 0. The van der Waals surface area contributed by atoms with Crippen LogP contribution in [-0.2, 0) is 6.42 Å². The Labute approximate surface area is 86.7 Å². The second-order valence-electron chi connectivity index (χ2n) is 3.07. The highest BCUT2D eigenvalue weighted by molar-refractivity contribution is 5.85. The van der Waals surface area contributed by atoms with Crippen LogP contribution in [0.15, 0.2) is 24.3 Å². The Morgan fingerprint density at radius 3 is 2.38 bits per heavy atom. The molecular weight excluding hydrogens is 182 g/mol. The lowest BCUT2D eigenvalue weighted by molar-refractivity contribution is 0.690. The van der Waals surface area contributed by atoms with Crippen LogP contribution in [0.25, 0.3) is 0 Å². The molecule has 2 N–H and O–H groups in total. The van der Waals surface area contributed by atoms with Crippen molar-refractivity contribution in [3.05, 3.63) is 35.4 Å². The summed E-state index contributed by atoms with van der Waals surface area (Å²) < 4.78 is 0. The van der Waals surface area contributed by atoms with E-state index >= 15 is 0 Å². The Morgan fingerprint density at radius 1 is 1.23 bits per heavy atom. The molecule has 74 valence electrons. The molecule has 0 aliphatic rings. The monoisotopic (exact) mass is 199 g/mol. The van der Waals surface area contributed by atoms with Crippen LogP contribution < -0.4 is 5.73 Å². The summed E-state index contributed by atoms with van der Waals surface area (Å²) in [5.74, 6) is 0. The fourth-order valence-corrected chi connectivity index (χ4v) is 1.44. The molecule has 0 bridgehead atoms. The topological polar surface area (TPSA) is 26.0 Å². The standard InChI is InChI=1S/C11H17N.ClH/c1-3-9-7-5-6-8-10(9)11(12)4-2;/h5-8,11H,3-4,12H2,1-2H3;1H/t11-;/m1./s1. The van der Waals surface area contributed by atoms with Gasteiger partial charge in [0.15, 0.2) is 0 Å². The predicted octanol–water partition coefficient (Wildman–Crippen LogP) is 3.08. The minimum absolute atomic E-state index is 0. The van der Waals surface area contributed by atoms with Crippen molar-refractivity contribution in [3.63, 3.8) is 0 Å². The predicted molar refractivity (Wildman–Crippen MR) is 60.3 cm³/mol. The summed E-state index contributed by atoms with van der Waals surface area (Å²) in [5, 5.41) is 0. The summed E-state index contributed by atoms with van der Waals surface area (Å²) in [6.45, 7) is 4.29. The molecule has 1 rings (SSSR count). The van der Waals surface area contributed by atoms with E-state index in [9.17, 15) is 0 Å². The van der Waals surface area contributed by atoms with Crippen LogP contribution in [0.3, 0.4) is 0 Å². The molecule has 1 aromatic carbocycles. The molecule has 0 aromatic heterocycles. The maximum atomic E-state index is 5.97. The van der Waals surface area contributed by atoms with Crippen molar-refractivity contribution in [1.29, 1.82) is 0 Å². The lowest BCUT2D eigenvalue weighted by Crippen LogP contribution is -2.10. The van der Waals surface area contributed by atoms with Crippen molar-refractivity contribution in [2.45, 2.75) is 32.7 Å². The summed E-state index contributed by atoms with van der Waals surface area (Å²) in [7, 11) is 0. The number of aryl methyl sites for hydroxylation is 1. The van der Waals surface area contributed by atoms with Gasteiger partial charge in [-0.3, -0.25) is 0 Å². The van der Waals surface area contributed by atoms with Gasteiger partial charge in [0.2, 0.25) is 0 Å². The number of halogens is 1. The van der Waals surface area contributed by atoms with Crippen molar-refractivity contribution >= 4 is 12.4 Å². The molecule has 0 unspecified atom stereocenters. The lowest BCUT2D eigenvalue weighted by atomic mass is 9.98. The van der Waals surface area contributed by atoms with Gasteiger partial charge in [-0.2, -0.15) is 0 Å². The van der Waals surface area contributed by atoms with E-state index < -0.39 is 0 Å². The van der Waals surface area contributed by atoms with Gasteiger partial charge in [-0.05, 0) is 24.0 Å². The summed E-state index contributed by atoms with van der Waals surface area (Å²) in [5.41, 5.74) is 8.66. The minimum Gasteiger partial charge on any atom is -0.324 e. The maximum absolute atomic E-state index is 5.97. The van der Waals surface area contributed by atoms with E-state index in [1.54, 1.807) is 0 Å². The fraction of sp³-hybridized carbons (Fsp3) is 0.455. The summed E-state index contributed by atoms with van der Waals surface area (Å²) in [6, 6.07) is 8.63. The summed E-state index contributed by atoms with van der Waals surface area (Å²) >= 11 is 0. The van der Waals surface area contributed by atoms with E-state index in [1.165, 1.54) is 11.1 Å². The van der Waals surface area contributed by atoms with Gasteiger partial charge in [0, 0.05) is 6.04 Å². The summed E-state index contributed by atoms with van der Waals surface area (Å²) in [6.07, 6.45) is 2.08. The zero-order chi connectivity index (χ0) is 8.97. The van der Waals surface area contributed by atoms with Crippen molar-refractivity contribution in [3.8, 4) is 0 Å². The van der Waals surface area contributed by atoms with Crippen molar-refractivity contribution in [2.24, 2.45) is 5.73 Å². The molecule has 0 saturated carbocycles. The first-order valence-electron chi connectivity index (χ1n) is 4.63. The Bertz CT molecular complexity index is 248. The van der Waals surface area contributed by atoms with Crippen LogP contribution in [0.4, 0.5) is 0 Å². The third kappa shape index (κ3) is 3.02. The molecule has 1 atom stereocenters. The molecular formula is C11H18ClN. The van der Waals surface area contributed by atoms with Gasteiger partial charge in [0.1, 0.15) is 0 Å². The van der Waals surface area contributed by atoms with Gasteiger partial charge in [-0.15, -0.1) is 12.4 Å². The van der Waals surface area contributed by atoms with Gasteiger partial charge in [0.05, 0.1) is 0 Å². The molecule has 1 nitrogen and oxygen atoms in total. The normalized spacial score (nSPS) is 11.9. The minimum atomic E-state index is 0. The molecule has 0 radical (unpaired) electrons. The first kappa shape index (κ1) is 12.5. The Balaban J connectivity index is 0.00000144. The van der Waals surface area contributed by atoms with Crippen LogP contribution in [-0.4, -0.2) is 0 Å². The molecule has 2 heteroatoms.